The van der Waals surface area contributed by atoms with Crippen LogP contribution in [0.5, 0.6) is 11.5 Å². The average Bonchev–Trinajstić information content (AvgIpc) is 3.31. The highest BCUT2D eigenvalue weighted by molar-refractivity contribution is 8.26. The highest BCUT2D eigenvalue weighted by Gasteiger charge is 2.32. The second-order valence-corrected chi connectivity index (χ2v) is 8.28. The van der Waals surface area contributed by atoms with Gasteiger partial charge in [0.15, 0.2) is 11.5 Å². The van der Waals surface area contributed by atoms with E-state index in [1.807, 2.05) is 6.07 Å². The standard InChI is InChI=1S/C21H16N2O6S2/c24-18(22-14-4-2-13(3-5-14)20(26)27)7-8-23-19(25)17(31-21(23)30)10-12-1-6-15-16(9-12)29-11-28-15/h1-6,9-10H,7-8,11H2,(H,22,24)(H,26,27)/p-1/b17-10-. The van der Waals surface area contributed by atoms with Crippen LogP contribution in [0.4, 0.5) is 5.69 Å². The first-order valence-corrected chi connectivity index (χ1v) is 10.4. The number of nitrogens with one attached hydrogen (secondary N) is 1. The van der Waals surface area contributed by atoms with E-state index in [0.29, 0.717) is 26.4 Å². The van der Waals surface area contributed by atoms with Gasteiger partial charge >= 0.3 is 0 Å². The zero-order chi connectivity index (χ0) is 22.0. The van der Waals surface area contributed by atoms with Crippen LogP contribution in [-0.4, -0.2) is 40.3 Å². The summed E-state index contributed by atoms with van der Waals surface area (Å²) < 4.78 is 11.0. The number of anilines is 1. The summed E-state index contributed by atoms with van der Waals surface area (Å²) in [5.41, 5.74) is 1.25. The predicted octanol–water partition coefficient (Wildman–Crippen LogP) is 2.01. The van der Waals surface area contributed by atoms with Crippen molar-refractivity contribution in [3.63, 3.8) is 0 Å². The minimum absolute atomic E-state index is 0.0183. The zero-order valence-corrected chi connectivity index (χ0v) is 17.6. The van der Waals surface area contributed by atoms with Crippen molar-refractivity contribution in [1.29, 1.82) is 0 Å². The molecule has 2 heterocycles. The third-order valence-corrected chi connectivity index (χ3v) is 5.91. The number of amides is 2. The van der Waals surface area contributed by atoms with E-state index in [2.05, 4.69) is 5.32 Å². The molecule has 0 atom stereocenters. The van der Waals surface area contributed by atoms with Crippen molar-refractivity contribution in [2.45, 2.75) is 6.42 Å². The van der Waals surface area contributed by atoms with E-state index in [4.69, 9.17) is 21.7 Å². The van der Waals surface area contributed by atoms with Gasteiger partial charge < -0.3 is 24.7 Å². The maximum absolute atomic E-state index is 12.7. The Labute approximate surface area is 186 Å². The number of thiocarbonyl (C=S) groups is 1. The van der Waals surface area contributed by atoms with Crippen molar-refractivity contribution in [2.24, 2.45) is 0 Å². The SMILES string of the molecule is O=C(CCN1C(=O)/C(=C/c2ccc3c(c2)OCO3)SC1=S)Nc1ccc(C(=O)[O-])cc1. The normalized spacial score (nSPS) is 16.1. The summed E-state index contributed by atoms with van der Waals surface area (Å²) in [5, 5.41) is 13.4. The molecule has 2 aliphatic rings. The summed E-state index contributed by atoms with van der Waals surface area (Å²) in [6.07, 6.45) is 1.76. The van der Waals surface area contributed by atoms with Gasteiger partial charge in [0.1, 0.15) is 4.32 Å². The molecule has 4 rings (SSSR count). The number of carboxylic acids is 1. The first-order chi connectivity index (χ1) is 14.9. The van der Waals surface area contributed by atoms with Crippen molar-refractivity contribution < 1.29 is 29.0 Å². The van der Waals surface area contributed by atoms with E-state index in [9.17, 15) is 19.5 Å². The van der Waals surface area contributed by atoms with Gasteiger partial charge in [-0.15, -0.1) is 0 Å². The number of thioether (sulfide) groups is 1. The second-order valence-electron chi connectivity index (χ2n) is 6.61. The van der Waals surface area contributed by atoms with Crippen molar-refractivity contribution in [1.82, 2.24) is 4.90 Å². The molecule has 10 heteroatoms. The quantitative estimate of drug-likeness (QED) is 0.521. The number of hydrogen-bond acceptors (Lipinski definition) is 8. The van der Waals surface area contributed by atoms with E-state index in [1.165, 1.54) is 40.9 Å². The summed E-state index contributed by atoms with van der Waals surface area (Å²) in [5.74, 6) is -0.603. The number of benzene rings is 2. The second kappa shape index (κ2) is 8.78. The summed E-state index contributed by atoms with van der Waals surface area (Å²) in [6, 6.07) is 11.0. The largest absolute Gasteiger partial charge is 0.545 e. The fourth-order valence-electron chi connectivity index (χ4n) is 2.97. The molecule has 0 unspecified atom stereocenters. The Hall–Kier alpha value is -3.37. The highest BCUT2D eigenvalue weighted by Crippen LogP contribution is 2.36. The Morgan fingerprint density at radius 2 is 1.90 bits per heavy atom. The molecule has 1 N–H and O–H groups in total. The fourth-order valence-corrected chi connectivity index (χ4v) is 4.28. The number of fused-ring (bicyclic) bond motifs is 1. The summed E-state index contributed by atoms with van der Waals surface area (Å²) in [6.45, 7) is 0.302. The third kappa shape index (κ3) is 4.70. The minimum atomic E-state index is -1.29. The summed E-state index contributed by atoms with van der Waals surface area (Å²) >= 11 is 6.47. The van der Waals surface area contributed by atoms with Gasteiger partial charge in [0, 0.05) is 18.7 Å². The fraction of sp³-hybridized carbons (Fsp3) is 0.143. The van der Waals surface area contributed by atoms with E-state index in [0.717, 1.165) is 5.56 Å². The average molecular weight is 455 g/mol. The third-order valence-electron chi connectivity index (χ3n) is 4.53. The molecule has 0 aromatic heterocycles. The van der Waals surface area contributed by atoms with Gasteiger partial charge in [0.25, 0.3) is 5.91 Å². The smallest absolute Gasteiger partial charge is 0.266 e. The molecule has 1 fully saturated rings. The van der Waals surface area contributed by atoms with Crippen molar-refractivity contribution in [3.8, 4) is 11.5 Å². The molecule has 0 spiro atoms. The number of carbonyl (C=O) groups is 3. The van der Waals surface area contributed by atoms with Gasteiger partial charge in [-0.3, -0.25) is 14.5 Å². The van der Waals surface area contributed by atoms with Crippen molar-refractivity contribution in [2.75, 3.05) is 18.7 Å². The molecule has 158 valence electrons. The van der Waals surface area contributed by atoms with Crippen LogP contribution in [0.2, 0.25) is 0 Å². The lowest BCUT2D eigenvalue weighted by molar-refractivity contribution is -0.255. The molecule has 0 saturated carbocycles. The first kappa shape index (κ1) is 20.9. The molecule has 0 aliphatic carbocycles. The van der Waals surface area contributed by atoms with E-state index in [-0.39, 0.29) is 37.1 Å². The molecule has 2 aliphatic heterocycles. The van der Waals surface area contributed by atoms with Gasteiger partial charge in [-0.1, -0.05) is 42.2 Å². The Kier molecular flexibility index (Phi) is 5.92. The van der Waals surface area contributed by atoms with Crippen LogP contribution in [0.25, 0.3) is 6.08 Å². The lowest BCUT2D eigenvalue weighted by Gasteiger charge is -2.14. The van der Waals surface area contributed by atoms with E-state index < -0.39 is 5.97 Å². The number of carbonyl (C=O) groups excluding carboxylic acids is 3. The number of hydrogen-bond donors (Lipinski definition) is 1. The number of ether oxygens (including phenoxy) is 2. The monoisotopic (exact) mass is 455 g/mol. The molecule has 0 radical (unpaired) electrons. The van der Waals surface area contributed by atoms with Crippen LogP contribution in [0.3, 0.4) is 0 Å². The molecular weight excluding hydrogens is 440 g/mol. The van der Waals surface area contributed by atoms with Crippen LogP contribution in [-0.2, 0) is 9.59 Å². The molecule has 8 nitrogen and oxygen atoms in total. The maximum Gasteiger partial charge on any atom is 0.266 e. The Balaban J connectivity index is 1.35. The minimum Gasteiger partial charge on any atom is -0.545 e. The first-order valence-electron chi connectivity index (χ1n) is 9.17. The van der Waals surface area contributed by atoms with Crippen molar-refractivity contribution in [3.05, 3.63) is 58.5 Å². The van der Waals surface area contributed by atoms with Crippen LogP contribution in [0.15, 0.2) is 47.4 Å². The van der Waals surface area contributed by atoms with Crippen LogP contribution >= 0.6 is 24.0 Å². The highest BCUT2D eigenvalue weighted by atomic mass is 32.2. The molecule has 0 bridgehead atoms. The lowest BCUT2D eigenvalue weighted by Crippen LogP contribution is -2.31. The van der Waals surface area contributed by atoms with Crippen LogP contribution in [0, 0.1) is 0 Å². The van der Waals surface area contributed by atoms with Gasteiger partial charge in [0.05, 0.1) is 10.9 Å². The molecule has 2 aromatic rings. The number of rotatable bonds is 6. The summed E-state index contributed by atoms with van der Waals surface area (Å²) in [4.78, 5) is 37.6. The Morgan fingerprint density at radius 3 is 2.65 bits per heavy atom. The van der Waals surface area contributed by atoms with Crippen molar-refractivity contribution >= 4 is 57.8 Å². The Morgan fingerprint density at radius 1 is 1.16 bits per heavy atom. The number of nitrogens with zero attached hydrogens (tertiary/aromatic N) is 1. The van der Waals surface area contributed by atoms with Gasteiger partial charge in [-0.05, 0) is 41.5 Å². The van der Waals surface area contributed by atoms with Crippen LogP contribution in [0.1, 0.15) is 22.3 Å². The molecule has 2 amide bonds. The maximum atomic E-state index is 12.7. The number of carboxylic acid groups (broad SMARTS) is 1. The van der Waals surface area contributed by atoms with E-state index >= 15 is 0 Å². The topological polar surface area (TPSA) is 108 Å². The molecule has 31 heavy (non-hydrogen) atoms. The predicted molar refractivity (Wildman–Crippen MR) is 116 cm³/mol. The van der Waals surface area contributed by atoms with Gasteiger partial charge in [-0.2, -0.15) is 0 Å². The molecule has 1 saturated heterocycles. The van der Waals surface area contributed by atoms with Gasteiger partial charge in [0.2, 0.25) is 12.7 Å². The molecule has 2 aromatic carbocycles. The zero-order valence-electron chi connectivity index (χ0n) is 16.0. The molecular formula is C21H15N2O6S2-. The number of aromatic carboxylic acids is 1. The van der Waals surface area contributed by atoms with Gasteiger partial charge in [-0.25, -0.2) is 0 Å². The van der Waals surface area contributed by atoms with E-state index in [1.54, 1.807) is 18.2 Å². The Bertz CT molecular complexity index is 1110. The van der Waals surface area contributed by atoms with Crippen LogP contribution < -0.4 is 19.9 Å². The summed E-state index contributed by atoms with van der Waals surface area (Å²) in [7, 11) is 0. The lowest BCUT2D eigenvalue weighted by atomic mass is 10.2.